The Hall–Kier alpha value is -3.79. The minimum Gasteiger partial charge on any atom is -0.494 e. The van der Waals surface area contributed by atoms with E-state index in [1.165, 1.54) is 19.2 Å². The number of nitrogens with zero attached hydrogens (tertiary/aromatic N) is 4. The molecule has 1 fully saturated rings. The summed E-state index contributed by atoms with van der Waals surface area (Å²) in [6, 6.07) is 13.6. The first kappa shape index (κ1) is 25.3. The molecule has 4 rings (SSSR count). The molecular formula is C26H30FN5O4. The molecule has 36 heavy (non-hydrogen) atoms. The highest BCUT2D eigenvalue weighted by atomic mass is 19.1. The molecule has 10 heteroatoms. The van der Waals surface area contributed by atoms with Gasteiger partial charge in [-0.05, 0) is 55.2 Å². The van der Waals surface area contributed by atoms with E-state index in [1.54, 1.807) is 23.0 Å². The predicted molar refractivity (Wildman–Crippen MR) is 130 cm³/mol. The summed E-state index contributed by atoms with van der Waals surface area (Å²) in [4.78, 5) is 27.1. The molecule has 190 valence electrons. The van der Waals surface area contributed by atoms with E-state index in [0.717, 1.165) is 16.9 Å². The van der Waals surface area contributed by atoms with Crippen molar-refractivity contribution >= 4 is 11.9 Å². The highest BCUT2D eigenvalue weighted by Crippen LogP contribution is 2.29. The molecule has 2 atom stereocenters. The molecule has 1 aliphatic rings. The first-order chi connectivity index (χ1) is 17.5. The minimum absolute atomic E-state index is 0.0844. The summed E-state index contributed by atoms with van der Waals surface area (Å²) >= 11 is 0. The average Bonchev–Trinajstić information content (AvgIpc) is 3.54. The third kappa shape index (κ3) is 6.25. The van der Waals surface area contributed by atoms with E-state index in [9.17, 15) is 14.0 Å². The zero-order valence-corrected chi connectivity index (χ0v) is 20.4. The fourth-order valence-corrected chi connectivity index (χ4v) is 4.36. The number of benzene rings is 2. The molecule has 0 radical (unpaired) electrons. The van der Waals surface area contributed by atoms with Gasteiger partial charge in [0, 0.05) is 19.6 Å². The van der Waals surface area contributed by atoms with E-state index in [1.807, 2.05) is 31.2 Å². The number of nitrogens with one attached hydrogen (secondary N) is 1. The topological polar surface area (TPSA) is 98.6 Å². The molecule has 1 N–H and O–H groups in total. The van der Waals surface area contributed by atoms with Crippen molar-refractivity contribution in [3.05, 3.63) is 77.4 Å². The van der Waals surface area contributed by atoms with Gasteiger partial charge in [-0.15, -0.1) is 5.10 Å². The highest BCUT2D eigenvalue weighted by Gasteiger charge is 2.38. The van der Waals surface area contributed by atoms with Crippen LogP contribution in [0.5, 0.6) is 5.75 Å². The molecule has 0 unspecified atom stereocenters. The molecule has 0 bridgehead atoms. The van der Waals surface area contributed by atoms with E-state index in [0.29, 0.717) is 39.1 Å². The lowest BCUT2D eigenvalue weighted by atomic mass is 10.1. The van der Waals surface area contributed by atoms with Gasteiger partial charge in [0.05, 0.1) is 32.0 Å². The largest absolute Gasteiger partial charge is 0.494 e. The molecule has 1 saturated heterocycles. The van der Waals surface area contributed by atoms with E-state index >= 15 is 0 Å². The molecule has 3 aromatic rings. The molecule has 1 aliphatic heterocycles. The Morgan fingerprint density at radius 1 is 1.11 bits per heavy atom. The number of halogens is 1. The van der Waals surface area contributed by atoms with Crippen LogP contribution in [0.2, 0.25) is 0 Å². The summed E-state index contributed by atoms with van der Waals surface area (Å²) in [6.07, 6.45) is 2.68. The Bertz CT molecular complexity index is 1170. The summed E-state index contributed by atoms with van der Waals surface area (Å²) in [7, 11) is 1.29. The van der Waals surface area contributed by atoms with Gasteiger partial charge in [-0.2, -0.15) is 0 Å². The Kier molecular flexibility index (Phi) is 8.27. The van der Waals surface area contributed by atoms with Crippen molar-refractivity contribution < 1.29 is 23.5 Å². The number of methoxy groups -OCH3 is 1. The second-order valence-corrected chi connectivity index (χ2v) is 8.65. The number of rotatable bonds is 10. The van der Waals surface area contributed by atoms with Crippen LogP contribution in [0.1, 0.15) is 41.0 Å². The van der Waals surface area contributed by atoms with Crippen molar-refractivity contribution in [2.24, 2.45) is 0 Å². The number of carbonyl (C=O) groups excluding carboxylic acids is 2. The van der Waals surface area contributed by atoms with Gasteiger partial charge in [-0.1, -0.05) is 29.5 Å². The average molecular weight is 496 g/mol. The molecule has 2 heterocycles. The lowest BCUT2D eigenvalue weighted by molar-refractivity contribution is -0.125. The van der Waals surface area contributed by atoms with Crippen molar-refractivity contribution in [3.63, 3.8) is 0 Å². The number of hydrogen-bond acceptors (Lipinski definition) is 7. The van der Waals surface area contributed by atoms with Crippen molar-refractivity contribution in [1.82, 2.24) is 25.2 Å². The number of hydrogen-bond donors (Lipinski definition) is 1. The number of likely N-dealkylation sites (tertiary alicyclic amines) is 1. The molecule has 0 aliphatic carbocycles. The van der Waals surface area contributed by atoms with Crippen LogP contribution in [0.15, 0.2) is 54.7 Å². The lowest BCUT2D eigenvalue weighted by Gasteiger charge is -2.23. The second kappa shape index (κ2) is 11.8. The van der Waals surface area contributed by atoms with Crippen molar-refractivity contribution in [2.75, 3.05) is 26.8 Å². The Labute approximate surface area is 209 Å². The van der Waals surface area contributed by atoms with Gasteiger partial charge < -0.3 is 14.8 Å². The third-order valence-corrected chi connectivity index (χ3v) is 6.21. The molecular weight excluding hydrogens is 465 g/mol. The summed E-state index contributed by atoms with van der Waals surface area (Å²) in [5, 5.41) is 11.0. The summed E-state index contributed by atoms with van der Waals surface area (Å²) in [6.45, 7) is 4.11. The highest BCUT2D eigenvalue weighted by molar-refractivity contribution is 5.86. The molecule has 9 nitrogen and oxygen atoms in total. The van der Waals surface area contributed by atoms with Gasteiger partial charge in [0.1, 0.15) is 11.6 Å². The van der Waals surface area contributed by atoms with Crippen molar-refractivity contribution in [1.29, 1.82) is 0 Å². The first-order valence-corrected chi connectivity index (χ1v) is 11.9. The van der Waals surface area contributed by atoms with Crippen LogP contribution in [0, 0.1) is 5.82 Å². The van der Waals surface area contributed by atoms with Crippen molar-refractivity contribution in [2.45, 2.75) is 38.4 Å². The van der Waals surface area contributed by atoms with E-state index in [2.05, 4.69) is 20.5 Å². The number of carbonyl (C=O) groups is 2. The number of amides is 1. The standard InChI is InChI=1S/C26H30FN5O4/c1-3-36-22-10-6-19(7-11-22)15-31-16-21(32-17-23(29-30-32)26(34)35-2)14-24(31)25(33)28-13-12-18-4-8-20(27)9-5-18/h4-11,17,21,24H,3,12-16H2,1-2H3,(H,28,33)/t21-,24-/m0/s1. The first-order valence-electron chi connectivity index (χ1n) is 11.9. The monoisotopic (exact) mass is 495 g/mol. The molecule has 1 aromatic heterocycles. The van der Waals surface area contributed by atoms with E-state index in [-0.39, 0.29) is 29.5 Å². The van der Waals surface area contributed by atoms with Crippen LogP contribution < -0.4 is 10.1 Å². The Morgan fingerprint density at radius 3 is 2.53 bits per heavy atom. The Morgan fingerprint density at radius 2 is 1.83 bits per heavy atom. The number of esters is 1. The lowest BCUT2D eigenvalue weighted by Crippen LogP contribution is -2.43. The molecule has 0 saturated carbocycles. The van der Waals surface area contributed by atoms with Crippen LogP contribution in [-0.2, 0) is 22.5 Å². The summed E-state index contributed by atoms with van der Waals surface area (Å²) in [5.74, 6) is -0.124. The normalized spacial score (nSPS) is 17.6. The third-order valence-electron chi connectivity index (χ3n) is 6.21. The van der Waals surface area contributed by atoms with Crippen LogP contribution >= 0.6 is 0 Å². The van der Waals surface area contributed by atoms with Crippen LogP contribution in [0.25, 0.3) is 0 Å². The number of ether oxygens (including phenoxy) is 2. The fourth-order valence-electron chi connectivity index (χ4n) is 4.36. The maximum atomic E-state index is 13.2. The maximum Gasteiger partial charge on any atom is 0.360 e. The van der Waals surface area contributed by atoms with Gasteiger partial charge in [0.15, 0.2) is 5.69 Å². The molecule has 2 aromatic carbocycles. The van der Waals surface area contributed by atoms with Crippen LogP contribution in [0.4, 0.5) is 4.39 Å². The van der Waals surface area contributed by atoms with Gasteiger partial charge in [0.2, 0.25) is 5.91 Å². The summed E-state index contributed by atoms with van der Waals surface area (Å²) < 4.78 is 25.0. The molecule has 0 spiro atoms. The quantitative estimate of drug-likeness (QED) is 0.432. The van der Waals surface area contributed by atoms with E-state index in [4.69, 9.17) is 9.47 Å². The summed E-state index contributed by atoms with van der Waals surface area (Å²) in [5.41, 5.74) is 2.13. The van der Waals surface area contributed by atoms with Crippen LogP contribution in [-0.4, -0.2) is 64.6 Å². The van der Waals surface area contributed by atoms with E-state index < -0.39 is 5.97 Å². The van der Waals surface area contributed by atoms with Gasteiger partial charge in [-0.25, -0.2) is 13.9 Å². The van der Waals surface area contributed by atoms with Crippen molar-refractivity contribution in [3.8, 4) is 5.75 Å². The minimum atomic E-state index is -0.555. The zero-order valence-electron chi connectivity index (χ0n) is 20.4. The number of aromatic nitrogens is 3. The predicted octanol–water partition coefficient (Wildman–Crippen LogP) is 2.78. The van der Waals surface area contributed by atoms with Gasteiger partial charge in [-0.3, -0.25) is 9.69 Å². The smallest absolute Gasteiger partial charge is 0.360 e. The Balaban J connectivity index is 1.45. The van der Waals surface area contributed by atoms with Crippen LogP contribution in [0.3, 0.4) is 0 Å². The molecule has 1 amide bonds. The SMILES string of the molecule is CCOc1ccc(CN2C[C@@H](n3cc(C(=O)OC)nn3)C[C@H]2C(=O)NCCc2ccc(F)cc2)cc1. The second-order valence-electron chi connectivity index (χ2n) is 8.65. The van der Waals surface area contributed by atoms with Gasteiger partial charge in [0.25, 0.3) is 0 Å². The van der Waals surface area contributed by atoms with Gasteiger partial charge >= 0.3 is 5.97 Å². The maximum absolute atomic E-state index is 13.2. The fraction of sp³-hybridized carbons (Fsp3) is 0.385. The zero-order chi connectivity index (χ0) is 25.5.